The van der Waals surface area contributed by atoms with E-state index in [2.05, 4.69) is 15.0 Å². The van der Waals surface area contributed by atoms with Crippen LogP contribution in [0.4, 0.5) is 8.78 Å². The fourth-order valence-electron chi connectivity index (χ4n) is 2.33. The monoisotopic (exact) mass is 381 g/mol. The highest BCUT2D eigenvalue weighted by molar-refractivity contribution is 6.33. The number of ether oxygens (including phenoxy) is 2. The number of nitrogens with zero attached hydrogens (tertiary/aromatic N) is 3. The van der Waals surface area contributed by atoms with E-state index in [0.29, 0.717) is 16.7 Å². The van der Waals surface area contributed by atoms with Crippen molar-refractivity contribution in [1.82, 2.24) is 15.0 Å². The van der Waals surface area contributed by atoms with Crippen LogP contribution in [0.1, 0.15) is 19.7 Å². The smallest absolute Gasteiger partial charge is 0.177 e. The van der Waals surface area contributed by atoms with Crippen LogP contribution in [0.25, 0.3) is 22.2 Å². The minimum atomic E-state index is -0.897. The van der Waals surface area contributed by atoms with E-state index >= 15 is 0 Å². The average Bonchev–Trinajstić information content (AvgIpc) is 2.64. The molecule has 2 aromatic heterocycles. The molecule has 0 aliphatic heterocycles. The Balaban J connectivity index is 0.00000117. The van der Waals surface area contributed by atoms with E-state index in [1.807, 2.05) is 13.8 Å². The molecule has 0 atom stereocenters. The molecule has 0 saturated carbocycles. The Hall–Kier alpha value is -2.54. The van der Waals surface area contributed by atoms with Crippen molar-refractivity contribution >= 4 is 22.5 Å². The Kier molecular flexibility index (Phi) is 6.26. The Morgan fingerprint density at radius 3 is 2.08 bits per heavy atom. The van der Waals surface area contributed by atoms with Crippen molar-refractivity contribution in [1.29, 1.82) is 0 Å². The van der Waals surface area contributed by atoms with Crippen LogP contribution < -0.4 is 9.47 Å². The van der Waals surface area contributed by atoms with Crippen LogP contribution in [0, 0.1) is 18.6 Å². The van der Waals surface area contributed by atoms with Gasteiger partial charge in [0, 0.05) is 17.6 Å². The number of benzene rings is 1. The lowest BCUT2D eigenvalue weighted by atomic mass is 10.1. The summed E-state index contributed by atoms with van der Waals surface area (Å²) in [5.41, 5.74) is 0.00585. The van der Waals surface area contributed by atoms with Crippen molar-refractivity contribution in [2.45, 2.75) is 20.8 Å². The third-order valence-corrected chi connectivity index (χ3v) is 3.74. The summed E-state index contributed by atoms with van der Waals surface area (Å²) in [5.74, 6) is -1.61. The molecule has 0 unspecified atom stereocenters. The maximum Gasteiger partial charge on any atom is 0.177 e. The summed E-state index contributed by atoms with van der Waals surface area (Å²) < 4.78 is 39.1. The van der Waals surface area contributed by atoms with E-state index in [1.165, 1.54) is 26.5 Å². The summed E-state index contributed by atoms with van der Waals surface area (Å²) in [6.45, 7) is 5.70. The molecule has 1 aromatic carbocycles. The second-order valence-electron chi connectivity index (χ2n) is 4.94. The van der Waals surface area contributed by atoms with Crippen LogP contribution in [0.2, 0.25) is 5.15 Å². The summed E-state index contributed by atoms with van der Waals surface area (Å²) in [4.78, 5) is 12.3. The molecule has 8 heteroatoms. The van der Waals surface area contributed by atoms with E-state index in [0.717, 1.165) is 6.07 Å². The fraction of sp³-hybridized carbons (Fsp3) is 0.278. The third-order valence-electron chi connectivity index (χ3n) is 3.47. The van der Waals surface area contributed by atoms with Gasteiger partial charge in [0.2, 0.25) is 0 Å². The van der Waals surface area contributed by atoms with Gasteiger partial charge in [0.1, 0.15) is 11.3 Å². The number of hydrogen-bond acceptors (Lipinski definition) is 5. The third kappa shape index (κ3) is 3.53. The fourth-order valence-corrected chi connectivity index (χ4v) is 2.57. The van der Waals surface area contributed by atoms with Crippen LogP contribution in [0.5, 0.6) is 11.5 Å². The molecule has 0 spiro atoms. The molecule has 0 saturated heterocycles. The quantitative estimate of drug-likeness (QED) is 0.599. The van der Waals surface area contributed by atoms with Gasteiger partial charge in [0.25, 0.3) is 0 Å². The second kappa shape index (κ2) is 8.23. The predicted molar refractivity (Wildman–Crippen MR) is 96.9 cm³/mol. The summed E-state index contributed by atoms with van der Waals surface area (Å²) >= 11 is 6.13. The number of halogens is 3. The Labute approximate surface area is 155 Å². The van der Waals surface area contributed by atoms with Crippen molar-refractivity contribution in [3.05, 3.63) is 40.9 Å². The van der Waals surface area contributed by atoms with Crippen molar-refractivity contribution in [2.75, 3.05) is 14.2 Å². The molecule has 0 aliphatic carbocycles. The number of rotatable bonds is 3. The molecule has 0 N–H and O–H groups in total. The maximum absolute atomic E-state index is 14.6. The molecule has 3 aromatic rings. The number of fused-ring (bicyclic) bond motifs is 1. The van der Waals surface area contributed by atoms with E-state index < -0.39 is 17.2 Å². The summed E-state index contributed by atoms with van der Waals surface area (Å²) in [6, 6.07) is 2.59. The first-order chi connectivity index (χ1) is 12.5. The van der Waals surface area contributed by atoms with Gasteiger partial charge in [-0.25, -0.2) is 23.7 Å². The molecule has 5 nitrogen and oxygen atoms in total. The number of methoxy groups -OCH3 is 2. The molecule has 26 heavy (non-hydrogen) atoms. The highest BCUT2D eigenvalue weighted by atomic mass is 35.5. The van der Waals surface area contributed by atoms with E-state index in [-0.39, 0.29) is 22.3 Å². The zero-order chi connectivity index (χ0) is 19.4. The highest BCUT2D eigenvalue weighted by Crippen LogP contribution is 2.38. The second-order valence-corrected chi connectivity index (χ2v) is 5.30. The van der Waals surface area contributed by atoms with Crippen LogP contribution >= 0.6 is 11.6 Å². The summed E-state index contributed by atoms with van der Waals surface area (Å²) in [5, 5.41) is 0.532. The largest absolute Gasteiger partial charge is 0.494 e. The first kappa shape index (κ1) is 19.8. The van der Waals surface area contributed by atoms with Gasteiger partial charge in [-0.3, -0.25) is 0 Å². The summed E-state index contributed by atoms with van der Waals surface area (Å²) in [6.07, 6.45) is 1.52. The van der Waals surface area contributed by atoms with Gasteiger partial charge < -0.3 is 9.47 Å². The van der Waals surface area contributed by atoms with Crippen molar-refractivity contribution < 1.29 is 18.3 Å². The van der Waals surface area contributed by atoms with Gasteiger partial charge in [0.05, 0.1) is 25.5 Å². The number of pyridine rings is 1. The molecule has 0 bridgehead atoms. The van der Waals surface area contributed by atoms with Gasteiger partial charge >= 0.3 is 0 Å². The Morgan fingerprint density at radius 1 is 0.962 bits per heavy atom. The minimum absolute atomic E-state index is 0.00727. The molecule has 0 amide bonds. The Morgan fingerprint density at radius 2 is 1.54 bits per heavy atom. The number of aryl methyl sites for hydroxylation is 1. The van der Waals surface area contributed by atoms with Gasteiger partial charge in [0.15, 0.2) is 28.3 Å². The molecule has 3 rings (SSSR count). The van der Waals surface area contributed by atoms with Crippen molar-refractivity contribution in [3.63, 3.8) is 0 Å². The van der Waals surface area contributed by atoms with Gasteiger partial charge in [-0.2, -0.15) is 0 Å². The molecular weight excluding hydrogens is 364 g/mol. The first-order valence-electron chi connectivity index (χ1n) is 7.86. The van der Waals surface area contributed by atoms with E-state index in [9.17, 15) is 8.78 Å². The predicted octanol–water partition coefficient (Wildman–Crippen LogP) is 4.98. The lowest BCUT2D eigenvalue weighted by Gasteiger charge is -2.13. The minimum Gasteiger partial charge on any atom is -0.494 e. The van der Waals surface area contributed by atoms with Gasteiger partial charge in [-0.1, -0.05) is 25.4 Å². The standard InChI is InChI=1S/C16H12ClF2N3O2.C2H6/c1-7-20-6-8-4-9(22-16(17)15(8)21-7)12-13(18)10(23-2)5-11(24-3)14(12)19;1-2/h4-6H,1-3H3;1-2H3. The van der Waals surface area contributed by atoms with Crippen LogP contribution in [-0.4, -0.2) is 29.2 Å². The van der Waals surface area contributed by atoms with Crippen LogP contribution in [0.15, 0.2) is 18.3 Å². The molecule has 2 heterocycles. The van der Waals surface area contributed by atoms with Crippen LogP contribution in [-0.2, 0) is 0 Å². The normalized spacial score (nSPS) is 10.3. The Bertz CT molecular complexity index is 923. The molecule has 0 aliphatic rings. The zero-order valence-corrected chi connectivity index (χ0v) is 15.8. The summed E-state index contributed by atoms with van der Waals surface area (Å²) in [7, 11) is 2.55. The lowest BCUT2D eigenvalue weighted by molar-refractivity contribution is 0.359. The molecule has 138 valence electrons. The lowest BCUT2D eigenvalue weighted by Crippen LogP contribution is -2.01. The maximum atomic E-state index is 14.6. The SMILES string of the molecule is CC.COc1cc(OC)c(F)c(-c2cc3cnc(C)nc3c(Cl)n2)c1F. The first-order valence-corrected chi connectivity index (χ1v) is 8.24. The van der Waals surface area contributed by atoms with Gasteiger partial charge in [-0.05, 0) is 13.0 Å². The topological polar surface area (TPSA) is 57.1 Å². The average molecular weight is 382 g/mol. The number of hydrogen-bond donors (Lipinski definition) is 0. The van der Waals surface area contributed by atoms with Gasteiger partial charge in [-0.15, -0.1) is 0 Å². The zero-order valence-electron chi connectivity index (χ0n) is 15.0. The van der Waals surface area contributed by atoms with Crippen molar-refractivity contribution in [2.24, 2.45) is 0 Å². The molecule has 0 fully saturated rings. The highest BCUT2D eigenvalue weighted by Gasteiger charge is 2.23. The van der Waals surface area contributed by atoms with E-state index in [1.54, 1.807) is 6.92 Å². The van der Waals surface area contributed by atoms with Crippen molar-refractivity contribution in [3.8, 4) is 22.8 Å². The van der Waals surface area contributed by atoms with Crippen LogP contribution in [0.3, 0.4) is 0 Å². The van der Waals surface area contributed by atoms with E-state index in [4.69, 9.17) is 21.1 Å². The molecular formula is C18H18ClF2N3O2. The molecule has 0 radical (unpaired) electrons. The number of aromatic nitrogens is 3.